The third kappa shape index (κ3) is 2.58. The molecule has 3 N–H and O–H groups in total. The van der Waals surface area contributed by atoms with E-state index in [4.69, 9.17) is 34.0 Å². The maximum atomic E-state index is 11.0. The summed E-state index contributed by atoms with van der Waals surface area (Å²) < 4.78 is 0. The van der Waals surface area contributed by atoms with E-state index in [2.05, 4.69) is 0 Å². The Morgan fingerprint density at radius 2 is 1.83 bits per heavy atom. The lowest BCUT2D eigenvalue weighted by molar-refractivity contribution is 0.0697. The Kier molecular flexibility index (Phi) is 3.45. The zero-order chi connectivity index (χ0) is 13.3. The largest absolute Gasteiger partial charge is 0.478 e. The minimum absolute atomic E-state index is 0.121. The highest BCUT2D eigenvalue weighted by Crippen LogP contribution is 2.32. The SMILES string of the molecule is Nc1cc(C(=O)O)cc(-c2ccc(Cl)cc2Cl)c1. The van der Waals surface area contributed by atoms with Crippen molar-refractivity contribution in [3.63, 3.8) is 0 Å². The summed E-state index contributed by atoms with van der Waals surface area (Å²) in [6, 6.07) is 9.60. The lowest BCUT2D eigenvalue weighted by atomic mass is 10.0. The molecule has 92 valence electrons. The molecule has 0 aliphatic heterocycles. The molecule has 0 radical (unpaired) electrons. The molecule has 0 spiro atoms. The van der Waals surface area contributed by atoms with Crippen molar-refractivity contribution < 1.29 is 9.90 Å². The van der Waals surface area contributed by atoms with Crippen molar-refractivity contribution in [1.82, 2.24) is 0 Å². The van der Waals surface area contributed by atoms with Gasteiger partial charge in [-0.1, -0.05) is 29.3 Å². The Labute approximate surface area is 114 Å². The highest BCUT2D eigenvalue weighted by atomic mass is 35.5. The monoisotopic (exact) mass is 281 g/mol. The van der Waals surface area contributed by atoms with Crippen LogP contribution in [0.5, 0.6) is 0 Å². The van der Waals surface area contributed by atoms with Crippen LogP contribution in [0.3, 0.4) is 0 Å². The molecular weight excluding hydrogens is 273 g/mol. The van der Waals surface area contributed by atoms with Crippen molar-refractivity contribution in [2.24, 2.45) is 0 Å². The maximum Gasteiger partial charge on any atom is 0.335 e. The summed E-state index contributed by atoms with van der Waals surface area (Å²) in [5.74, 6) is -1.03. The highest BCUT2D eigenvalue weighted by Gasteiger charge is 2.09. The Bertz CT molecular complexity index is 626. The quantitative estimate of drug-likeness (QED) is 0.820. The number of carboxylic acid groups (broad SMARTS) is 1. The van der Waals surface area contributed by atoms with Crippen LogP contribution in [0.2, 0.25) is 10.0 Å². The summed E-state index contributed by atoms with van der Waals surface area (Å²) in [5, 5.41) is 9.95. The van der Waals surface area contributed by atoms with E-state index in [9.17, 15) is 4.79 Å². The van der Waals surface area contributed by atoms with E-state index >= 15 is 0 Å². The summed E-state index contributed by atoms with van der Waals surface area (Å²) in [7, 11) is 0. The minimum Gasteiger partial charge on any atom is -0.478 e. The second-order valence-electron chi connectivity index (χ2n) is 3.77. The van der Waals surface area contributed by atoms with Crippen LogP contribution in [0.4, 0.5) is 5.69 Å². The van der Waals surface area contributed by atoms with Crippen molar-refractivity contribution in [2.75, 3.05) is 5.73 Å². The van der Waals surface area contributed by atoms with E-state index in [1.54, 1.807) is 24.3 Å². The van der Waals surface area contributed by atoms with Gasteiger partial charge in [0.15, 0.2) is 0 Å². The van der Waals surface area contributed by atoms with Gasteiger partial charge < -0.3 is 10.8 Å². The van der Waals surface area contributed by atoms with E-state index in [1.807, 2.05) is 0 Å². The molecule has 0 saturated carbocycles. The molecule has 0 saturated heterocycles. The van der Waals surface area contributed by atoms with Crippen molar-refractivity contribution in [3.05, 3.63) is 52.0 Å². The van der Waals surface area contributed by atoms with Gasteiger partial charge in [-0.05, 0) is 35.9 Å². The molecule has 0 heterocycles. The molecule has 0 fully saturated rings. The number of hydrogen-bond acceptors (Lipinski definition) is 2. The van der Waals surface area contributed by atoms with Crippen LogP contribution in [0.1, 0.15) is 10.4 Å². The molecule has 2 aromatic rings. The van der Waals surface area contributed by atoms with Gasteiger partial charge in [0, 0.05) is 21.3 Å². The summed E-state index contributed by atoms with van der Waals surface area (Å²) in [6.07, 6.45) is 0. The number of hydrogen-bond donors (Lipinski definition) is 2. The number of carboxylic acids is 1. The average Bonchev–Trinajstić information content (AvgIpc) is 2.27. The fraction of sp³-hybridized carbons (Fsp3) is 0. The second-order valence-corrected chi connectivity index (χ2v) is 4.62. The standard InChI is InChI=1S/C13H9Cl2NO2/c14-9-1-2-11(12(15)6-9)7-3-8(13(17)18)5-10(16)4-7/h1-6H,16H2,(H,17,18). The predicted molar refractivity (Wildman–Crippen MR) is 73.3 cm³/mol. The van der Waals surface area contributed by atoms with Gasteiger partial charge in [-0.3, -0.25) is 0 Å². The number of carbonyl (C=O) groups is 1. The first-order valence-electron chi connectivity index (χ1n) is 5.06. The highest BCUT2D eigenvalue weighted by molar-refractivity contribution is 6.36. The van der Waals surface area contributed by atoms with E-state index in [-0.39, 0.29) is 5.56 Å². The first-order chi connectivity index (χ1) is 8.47. The van der Waals surface area contributed by atoms with Gasteiger partial charge in [-0.15, -0.1) is 0 Å². The number of nitrogens with two attached hydrogens (primary N) is 1. The number of anilines is 1. The van der Waals surface area contributed by atoms with Gasteiger partial charge in [-0.2, -0.15) is 0 Å². The van der Waals surface area contributed by atoms with Crippen molar-refractivity contribution in [3.8, 4) is 11.1 Å². The molecule has 0 atom stereocenters. The fourth-order valence-corrected chi connectivity index (χ4v) is 2.17. The van der Waals surface area contributed by atoms with E-state index < -0.39 is 5.97 Å². The molecule has 0 aliphatic carbocycles. The first-order valence-corrected chi connectivity index (χ1v) is 5.82. The molecule has 0 aromatic heterocycles. The number of nitrogen functional groups attached to an aromatic ring is 1. The molecule has 3 nitrogen and oxygen atoms in total. The molecule has 2 aromatic carbocycles. The van der Waals surface area contributed by atoms with Gasteiger partial charge in [0.05, 0.1) is 5.56 Å². The fourth-order valence-electron chi connectivity index (χ4n) is 1.65. The molecular formula is C13H9Cl2NO2. The maximum absolute atomic E-state index is 11.0. The van der Waals surface area contributed by atoms with Crippen molar-refractivity contribution in [1.29, 1.82) is 0 Å². The topological polar surface area (TPSA) is 63.3 Å². The lowest BCUT2D eigenvalue weighted by Crippen LogP contribution is -1.98. The van der Waals surface area contributed by atoms with E-state index in [1.165, 1.54) is 12.1 Å². The van der Waals surface area contributed by atoms with Crippen LogP contribution >= 0.6 is 23.2 Å². The third-order valence-corrected chi connectivity index (χ3v) is 2.99. The number of rotatable bonds is 2. The molecule has 0 bridgehead atoms. The number of benzene rings is 2. The van der Waals surface area contributed by atoms with Crippen LogP contribution in [0.15, 0.2) is 36.4 Å². The smallest absolute Gasteiger partial charge is 0.335 e. The zero-order valence-electron chi connectivity index (χ0n) is 9.15. The number of aromatic carboxylic acids is 1. The van der Waals surface area contributed by atoms with Crippen molar-refractivity contribution in [2.45, 2.75) is 0 Å². The Morgan fingerprint density at radius 3 is 2.44 bits per heavy atom. The Balaban J connectivity index is 2.60. The Hall–Kier alpha value is -1.71. The third-order valence-electron chi connectivity index (χ3n) is 2.44. The van der Waals surface area contributed by atoms with Crippen LogP contribution < -0.4 is 5.73 Å². The van der Waals surface area contributed by atoms with E-state index in [0.717, 1.165) is 0 Å². The zero-order valence-corrected chi connectivity index (χ0v) is 10.7. The van der Waals surface area contributed by atoms with E-state index in [0.29, 0.717) is 26.9 Å². The van der Waals surface area contributed by atoms with Gasteiger partial charge in [-0.25, -0.2) is 4.79 Å². The van der Waals surface area contributed by atoms with Crippen molar-refractivity contribution >= 4 is 34.9 Å². The molecule has 18 heavy (non-hydrogen) atoms. The summed E-state index contributed by atoms with van der Waals surface area (Å²) in [4.78, 5) is 11.0. The molecule has 0 aliphatic rings. The summed E-state index contributed by atoms with van der Waals surface area (Å²) in [5.41, 5.74) is 7.51. The number of halogens is 2. The minimum atomic E-state index is -1.03. The molecule has 0 unspecified atom stereocenters. The molecule has 0 amide bonds. The van der Waals surface area contributed by atoms with Crippen LogP contribution in [0.25, 0.3) is 11.1 Å². The Morgan fingerprint density at radius 1 is 1.11 bits per heavy atom. The summed E-state index contributed by atoms with van der Waals surface area (Å²) in [6.45, 7) is 0. The molecule has 5 heteroatoms. The predicted octanol–water partition coefficient (Wildman–Crippen LogP) is 3.94. The van der Waals surface area contributed by atoms with Crippen LogP contribution in [-0.2, 0) is 0 Å². The van der Waals surface area contributed by atoms with Gasteiger partial charge in [0.2, 0.25) is 0 Å². The lowest BCUT2D eigenvalue weighted by Gasteiger charge is -2.07. The average molecular weight is 282 g/mol. The van der Waals surface area contributed by atoms with Crippen LogP contribution in [0, 0.1) is 0 Å². The second kappa shape index (κ2) is 4.88. The normalized spacial score (nSPS) is 10.3. The van der Waals surface area contributed by atoms with Crippen LogP contribution in [-0.4, -0.2) is 11.1 Å². The van der Waals surface area contributed by atoms with Gasteiger partial charge in [0.1, 0.15) is 0 Å². The van der Waals surface area contributed by atoms with Gasteiger partial charge in [0.25, 0.3) is 0 Å². The van der Waals surface area contributed by atoms with Gasteiger partial charge >= 0.3 is 5.97 Å². The molecule has 2 rings (SSSR count). The summed E-state index contributed by atoms with van der Waals surface area (Å²) >= 11 is 11.9. The first kappa shape index (κ1) is 12.7.